The number of ether oxygens (including phenoxy) is 2. The molecule has 1 saturated carbocycles. The summed E-state index contributed by atoms with van der Waals surface area (Å²) in [5.74, 6) is 2.61. The Balaban J connectivity index is 2.01. The Labute approximate surface area is 84.8 Å². The van der Waals surface area contributed by atoms with Crippen LogP contribution in [-0.2, 0) is 0 Å². The topological polar surface area (TPSA) is 18.5 Å². The fourth-order valence-corrected chi connectivity index (χ4v) is 1.39. The number of methoxy groups -OCH3 is 1. The van der Waals surface area contributed by atoms with Crippen molar-refractivity contribution >= 4 is 0 Å². The van der Waals surface area contributed by atoms with E-state index in [2.05, 4.69) is 0 Å². The molecule has 0 radical (unpaired) electrons. The number of hydrogen-bond donors (Lipinski definition) is 0. The Morgan fingerprint density at radius 3 is 2.79 bits per heavy atom. The maximum absolute atomic E-state index is 5.65. The lowest BCUT2D eigenvalue weighted by Gasteiger charge is -2.08. The summed E-state index contributed by atoms with van der Waals surface area (Å²) >= 11 is 0. The Kier molecular flexibility index (Phi) is 2.62. The highest BCUT2D eigenvalue weighted by atomic mass is 16.5. The van der Waals surface area contributed by atoms with Crippen molar-refractivity contribution in [2.24, 2.45) is 5.92 Å². The number of benzene rings is 1. The summed E-state index contributed by atoms with van der Waals surface area (Å²) < 4.78 is 10.9. The van der Waals surface area contributed by atoms with Crippen LogP contribution in [-0.4, -0.2) is 13.7 Å². The second kappa shape index (κ2) is 3.91. The van der Waals surface area contributed by atoms with E-state index in [4.69, 9.17) is 9.47 Å². The Hall–Kier alpha value is -1.18. The summed E-state index contributed by atoms with van der Waals surface area (Å²) in [6.45, 7) is 2.88. The van der Waals surface area contributed by atoms with E-state index in [1.54, 1.807) is 7.11 Å². The summed E-state index contributed by atoms with van der Waals surface area (Å²) in [6, 6.07) is 5.99. The number of hydrogen-bond acceptors (Lipinski definition) is 2. The minimum Gasteiger partial charge on any atom is -0.496 e. The highest BCUT2D eigenvalue weighted by molar-refractivity contribution is 5.39. The lowest BCUT2D eigenvalue weighted by atomic mass is 10.2. The van der Waals surface area contributed by atoms with E-state index >= 15 is 0 Å². The molecule has 0 heterocycles. The summed E-state index contributed by atoms with van der Waals surface area (Å²) in [5.41, 5.74) is 1.14. The van der Waals surface area contributed by atoms with Crippen LogP contribution in [0.2, 0.25) is 0 Å². The highest BCUT2D eigenvalue weighted by Gasteiger charge is 2.21. The maximum Gasteiger partial charge on any atom is 0.125 e. The fraction of sp³-hybridized carbons (Fsp3) is 0.500. The van der Waals surface area contributed by atoms with Gasteiger partial charge in [-0.15, -0.1) is 0 Å². The molecule has 1 aliphatic rings. The molecular formula is C12H16O2. The molecule has 1 aliphatic carbocycles. The van der Waals surface area contributed by atoms with Gasteiger partial charge in [-0.1, -0.05) is 6.07 Å². The van der Waals surface area contributed by atoms with Crippen molar-refractivity contribution in [2.45, 2.75) is 19.8 Å². The first-order valence-corrected chi connectivity index (χ1v) is 5.07. The van der Waals surface area contributed by atoms with Crippen LogP contribution in [0.5, 0.6) is 11.5 Å². The predicted octanol–water partition coefficient (Wildman–Crippen LogP) is 2.79. The zero-order chi connectivity index (χ0) is 9.97. The van der Waals surface area contributed by atoms with Gasteiger partial charge in [-0.05, 0) is 37.3 Å². The van der Waals surface area contributed by atoms with Gasteiger partial charge in [0, 0.05) is 6.07 Å². The molecule has 0 atom stereocenters. The molecule has 0 saturated heterocycles. The van der Waals surface area contributed by atoms with E-state index in [0.29, 0.717) is 0 Å². The van der Waals surface area contributed by atoms with E-state index in [1.165, 1.54) is 12.8 Å². The van der Waals surface area contributed by atoms with Gasteiger partial charge in [-0.25, -0.2) is 0 Å². The van der Waals surface area contributed by atoms with Gasteiger partial charge in [0.2, 0.25) is 0 Å². The zero-order valence-electron chi connectivity index (χ0n) is 8.75. The normalized spacial score (nSPS) is 15.3. The molecule has 0 aromatic heterocycles. The molecule has 2 nitrogen and oxygen atoms in total. The SMILES string of the molecule is COc1cc(OCC2CC2)ccc1C. The molecule has 0 unspecified atom stereocenters. The minimum absolute atomic E-state index is 0.794. The first kappa shape index (κ1) is 9.38. The Morgan fingerprint density at radius 2 is 2.14 bits per heavy atom. The molecule has 0 spiro atoms. The van der Waals surface area contributed by atoms with E-state index in [0.717, 1.165) is 29.6 Å². The summed E-state index contributed by atoms with van der Waals surface area (Å²) in [5, 5.41) is 0. The molecule has 0 aliphatic heterocycles. The van der Waals surface area contributed by atoms with Crippen molar-refractivity contribution in [2.75, 3.05) is 13.7 Å². The van der Waals surface area contributed by atoms with Crippen molar-refractivity contribution < 1.29 is 9.47 Å². The molecule has 2 heteroatoms. The van der Waals surface area contributed by atoms with Crippen molar-refractivity contribution in [1.82, 2.24) is 0 Å². The van der Waals surface area contributed by atoms with E-state index in [9.17, 15) is 0 Å². The first-order chi connectivity index (χ1) is 6.79. The second-order valence-electron chi connectivity index (χ2n) is 3.89. The lowest BCUT2D eigenvalue weighted by Crippen LogP contribution is -1.99. The molecule has 2 rings (SSSR count). The Morgan fingerprint density at radius 1 is 1.36 bits per heavy atom. The van der Waals surface area contributed by atoms with E-state index in [-0.39, 0.29) is 0 Å². The predicted molar refractivity (Wildman–Crippen MR) is 56.0 cm³/mol. The molecule has 14 heavy (non-hydrogen) atoms. The van der Waals surface area contributed by atoms with Crippen LogP contribution >= 0.6 is 0 Å². The molecule has 1 fully saturated rings. The van der Waals surface area contributed by atoms with Gasteiger partial charge in [0.1, 0.15) is 11.5 Å². The van der Waals surface area contributed by atoms with Crippen LogP contribution in [0.1, 0.15) is 18.4 Å². The van der Waals surface area contributed by atoms with Crippen LogP contribution in [0.4, 0.5) is 0 Å². The summed E-state index contributed by atoms with van der Waals surface area (Å²) in [7, 11) is 1.69. The molecular weight excluding hydrogens is 176 g/mol. The largest absolute Gasteiger partial charge is 0.496 e. The lowest BCUT2D eigenvalue weighted by molar-refractivity contribution is 0.297. The van der Waals surface area contributed by atoms with Gasteiger partial charge in [-0.2, -0.15) is 0 Å². The van der Waals surface area contributed by atoms with Crippen molar-refractivity contribution in [3.63, 3.8) is 0 Å². The number of rotatable bonds is 4. The van der Waals surface area contributed by atoms with Crippen molar-refractivity contribution in [3.8, 4) is 11.5 Å². The quantitative estimate of drug-likeness (QED) is 0.730. The smallest absolute Gasteiger partial charge is 0.125 e. The van der Waals surface area contributed by atoms with Crippen LogP contribution < -0.4 is 9.47 Å². The third kappa shape index (κ3) is 2.19. The minimum atomic E-state index is 0.794. The van der Waals surface area contributed by atoms with Gasteiger partial charge in [0.15, 0.2) is 0 Å². The van der Waals surface area contributed by atoms with E-state index < -0.39 is 0 Å². The van der Waals surface area contributed by atoms with E-state index in [1.807, 2.05) is 25.1 Å². The monoisotopic (exact) mass is 192 g/mol. The third-order valence-electron chi connectivity index (χ3n) is 2.56. The molecule has 1 aromatic carbocycles. The average Bonchev–Trinajstić information content (AvgIpc) is 3.00. The Bertz CT molecular complexity index is 316. The molecule has 0 amide bonds. The van der Waals surface area contributed by atoms with Gasteiger partial charge >= 0.3 is 0 Å². The molecule has 0 bridgehead atoms. The highest BCUT2D eigenvalue weighted by Crippen LogP contribution is 2.30. The van der Waals surface area contributed by atoms with Crippen LogP contribution in [0.25, 0.3) is 0 Å². The average molecular weight is 192 g/mol. The molecule has 0 N–H and O–H groups in total. The van der Waals surface area contributed by atoms with Gasteiger partial charge in [-0.3, -0.25) is 0 Å². The zero-order valence-corrected chi connectivity index (χ0v) is 8.75. The van der Waals surface area contributed by atoms with Gasteiger partial charge < -0.3 is 9.47 Å². The number of aryl methyl sites for hydroxylation is 1. The van der Waals surface area contributed by atoms with Crippen LogP contribution in [0.3, 0.4) is 0 Å². The summed E-state index contributed by atoms with van der Waals surface area (Å²) in [4.78, 5) is 0. The van der Waals surface area contributed by atoms with Gasteiger partial charge in [0.25, 0.3) is 0 Å². The fourth-order valence-electron chi connectivity index (χ4n) is 1.39. The van der Waals surface area contributed by atoms with Crippen LogP contribution in [0.15, 0.2) is 18.2 Å². The van der Waals surface area contributed by atoms with Crippen LogP contribution in [0, 0.1) is 12.8 Å². The third-order valence-corrected chi connectivity index (χ3v) is 2.56. The second-order valence-corrected chi connectivity index (χ2v) is 3.89. The first-order valence-electron chi connectivity index (χ1n) is 5.07. The maximum atomic E-state index is 5.65. The van der Waals surface area contributed by atoms with Gasteiger partial charge in [0.05, 0.1) is 13.7 Å². The van der Waals surface area contributed by atoms with Crippen molar-refractivity contribution in [3.05, 3.63) is 23.8 Å². The standard InChI is InChI=1S/C12H16O2/c1-9-3-6-11(7-12(9)13-2)14-8-10-4-5-10/h3,6-7,10H,4-5,8H2,1-2H3. The molecule has 1 aromatic rings. The summed E-state index contributed by atoms with van der Waals surface area (Å²) in [6.07, 6.45) is 2.64. The van der Waals surface area contributed by atoms with Crippen molar-refractivity contribution in [1.29, 1.82) is 0 Å². The molecule has 76 valence electrons.